The molecule has 0 spiro atoms. The highest BCUT2D eigenvalue weighted by Gasteiger charge is 2.29. The molecule has 0 aliphatic carbocycles. The van der Waals surface area contributed by atoms with Crippen molar-refractivity contribution in [1.29, 1.82) is 0 Å². The van der Waals surface area contributed by atoms with Crippen LogP contribution in [0.5, 0.6) is 0 Å². The fraction of sp³-hybridized carbons (Fsp3) is 0.769. The Bertz CT molecular complexity index is 314. The van der Waals surface area contributed by atoms with Crippen molar-refractivity contribution in [2.24, 2.45) is 0 Å². The predicted molar refractivity (Wildman–Crippen MR) is 67.7 cm³/mol. The molecule has 0 N–H and O–H groups in total. The first-order valence-electron chi connectivity index (χ1n) is 5.99. The molecule has 4 nitrogen and oxygen atoms in total. The lowest BCUT2D eigenvalue weighted by Crippen LogP contribution is -2.54. The Kier molecular flexibility index (Phi) is 4.41. The van der Waals surface area contributed by atoms with Gasteiger partial charge in [-0.1, -0.05) is 5.92 Å². The number of piperazine rings is 1. The van der Waals surface area contributed by atoms with E-state index in [2.05, 4.69) is 17.7 Å². The summed E-state index contributed by atoms with van der Waals surface area (Å²) in [6.07, 6.45) is 5.07. The van der Waals surface area contributed by atoms with Crippen LogP contribution in [0.4, 0.5) is 4.79 Å². The molecule has 0 aromatic carbocycles. The second kappa shape index (κ2) is 5.42. The molecule has 0 aromatic rings. The van der Waals surface area contributed by atoms with Gasteiger partial charge in [0.25, 0.3) is 0 Å². The van der Waals surface area contributed by atoms with Crippen LogP contribution in [0.3, 0.4) is 0 Å². The lowest BCUT2D eigenvalue weighted by Gasteiger charge is -2.39. The van der Waals surface area contributed by atoms with Crippen LogP contribution in [0, 0.1) is 12.3 Å². The Morgan fingerprint density at radius 2 is 2.12 bits per heavy atom. The molecular formula is C13H22N2O2. The Balaban J connectivity index is 2.50. The summed E-state index contributed by atoms with van der Waals surface area (Å²) >= 11 is 0. The van der Waals surface area contributed by atoms with Crippen molar-refractivity contribution in [3.05, 3.63) is 0 Å². The molecule has 1 fully saturated rings. The third-order valence-electron chi connectivity index (χ3n) is 2.71. The third-order valence-corrected chi connectivity index (χ3v) is 2.71. The van der Waals surface area contributed by atoms with Gasteiger partial charge in [-0.3, -0.25) is 4.90 Å². The average Bonchev–Trinajstić information content (AvgIpc) is 2.18. The highest BCUT2D eigenvalue weighted by Crippen LogP contribution is 2.14. The van der Waals surface area contributed by atoms with E-state index in [9.17, 15) is 4.79 Å². The van der Waals surface area contributed by atoms with Gasteiger partial charge in [0.05, 0.1) is 6.54 Å². The summed E-state index contributed by atoms with van der Waals surface area (Å²) in [4.78, 5) is 15.8. The van der Waals surface area contributed by atoms with Gasteiger partial charge in [-0.25, -0.2) is 4.79 Å². The molecular weight excluding hydrogens is 216 g/mol. The van der Waals surface area contributed by atoms with Crippen molar-refractivity contribution in [2.75, 3.05) is 26.2 Å². The zero-order valence-electron chi connectivity index (χ0n) is 11.2. The molecule has 0 saturated carbocycles. The van der Waals surface area contributed by atoms with Crippen molar-refractivity contribution in [2.45, 2.75) is 39.3 Å². The van der Waals surface area contributed by atoms with Crippen molar-refractivity contribution in [1.82, 2.24) is 9.80 Å². The maximum atomic E-state index is 11.9. The third kappa shape index (κ3) is 4.27. The summed E-state index contributed by atoms with van der Waals surface area (Å²) in [5.74, 6) is 2.64. The van der Waals surface area contributed by atoms with E-state index >= 15 is 0 Å². The molecule has 0 aromatic heterocycles. The van der Waals surface area contributed by atoms with Gasteiger partial charge >= 0.3 is 6.09 Å². The van der Waals surface area contributed by atoms with Crippen LogP contribution in [-0.4, -0.2) is 53.7 Å². The van der Waals surface area contributed by atoms with Crippen molar-refractivity contribution in [3.63, 3.8) is 0 Å². The number of hydrogen-bond donors (Lipinski definition) is 0. The molecule has 1 atom stereocenters. The number of ether oxygens (including phenoxy) is 1. The van der Waals surface area contributed by atoms with Crippen LogP contribution in [0.2, 0.25) is 0 Å². The number of carbonyl (C=O) groups excluding carboxylic acids is 1. The minimum atomic E-state index is -0.434. The van der Waals surface area contributed by atoms with Gasteiger partial charge in [0.15, 0.2) is 0 Å². The Hall–Kier alpha value is -1.21. The molecule has 96 valence electrons. The van der Waals surface area contributed by atoms with Gasteiger partial charge in [-0.2, -0.15) is 0 Å². The van der Waals surface area contributed by atoms with E-state index in [1.807, 2.05) is 20.8 Å². The van der Waals surface area contributed by atoms with E-state index in [0.29, 0.717) is 19.6 Å². The van der Waals surface area contributed by atoms with Crippen molar-refractivity contribution < 1.29 is 9.53 Å². The number of nitrogens with zero attached hydrogens (tertiary/aromatic N) is 2. The minimum absolute atomic E-state index is 0.232. The molecule has 1 aliphatic rings. The molecule has 1 heterocycles. The smallest absolute Gasteiger partial charge is 0.410 e. The molecule has 1 amide bonds. The van der Waals surface area contributed by atoms with E-state index in [4.69, 9.17) is 11.2 Å². The maximum Gasteiger partial charge on any atom is 0.410 e. The first-order valence-corrected chi connectivity index (χ1v) is 5.99. The fourth-order valence-electron chi connectivity index (χ4n) is 1.84. The Morgan fingerprint density at radius 1 is 1.47 bits per heavy atom. The number of rotatable bonds is 1. The first kappa shape index (κ1) is 13.9. The van der Waals surface area contributed by atoms with Crippen LogP contribution in [0.15, 0.2) is 0 Å². The number of amides is 1. The summed E-state index contributed by atoms with van der Waals surface area (Å²) in [6.45, 7) is 10.5. The quantitative estimate of drug-likeness (QED) is 0.650. The maximum absolute atomic E-state index is 11.9. The zero-order valence-corrected chi connectivity index (χ0v) is 11.2. The topological polar surface area (TPSA) is 32.8 Å². The molecule has 0 bridgehead atoms. The second-order valence-electron chi connectivity index (χ2n) is 5.45. The van der Waals surface area contributed by atoms with E-state index < -0.39 is 5.60 Å². The Morgan fingerprint density at radius 3 is 2.59 bits per heavy atom. The lowest BCUT2D eigenvalue weighted by molar-refractivity contribution is 0.00769. The van der Waals surface area contributed by atoms with Gasteiger partial charge in [-0.05, 0) is 27.7 Å². The van der Waals surface area contributed by atoms with Gasteiger partial charge < -0.3 is 9.64 Å². The molecule has 4 heteroatoms. The standard InChI is InChI=1S/C13H22N2O2/c1-6-7-14-8-9-15(10-11(14)2)12(16)17-13(3,4)5/h1,11H,7-10H2,2-5H3/t11-/m0/s1. The van der Waals surface area contributed by atoms with Crippen LogP contribution in [-0.2, 0) is 4.74 Å². The molecule has 0 radical (unpaired) electrons. The molecule has 1 aliphatic heterocycles. The van der Waals surface area contributed by atoms with Crippen LogP contribution in [0.1, 0.15) is 27.7 Å². The van der Waals surface area contributed by atoms with E-state index in [0.717, 1.165) is 6.54 Å². The normalized spacial score (nSPS) is 22.1. The van der Waals surface area contributed by atoms with Crippen LogP contribution >= 0.6 is 0 Å². The summed E-state index contributed by atoms with van der Waals surface area (Å²) in [5.41, 5.74) is -0.434. The number of carbonyl (C=O) groups is 1. The SMILES string of the molecule is C#CCN1CCN(C(=O)OC(C)(C)C)C[C@@H]1C. The predicted octanol–water partition coefficient (Wildman–Crippen LogP) is 1.56. The summed E-state index contributed by atoms with van der Waals surface area (Å²) in [6, 6.07) is 0.285. The highest BCUT2D eigenvalue weighted by molar-refractivity contribution is 5.68. The fourth-order valence-corrected chi connectivity index (χ4v) is 1.84. The zero-order chi connectivity index (χ0) is 13.1. The van der Waals surface area contributed by atoms with Gasteiger partial charge in [0.1, 0.15) is 5.60 Å². The first-order chi connectivity index (χ1) is 7.83. The van der Waals surface area contributed by atoms with Gasteiger partial charge in [0, 0.05) is 25.7 Å². The highest BCUT2D eigenvalue weighted by atomic mass is 16.6. The molecule has 1 saturated heterocycles. The molecule has 0 unspecified atom stereocenters. The van der Waals surface area contributed by atoms with E-state index in [1.165, 1.54) is 0 Å². The average molecular weight is 238 g/mol. The Labute approximate surface area is 104 Å². The summed E-state index contributed by atoms with van der Waals surface area (Å²) in [5, 5.41) is 0. The van der Waals surface area contributed by atoms with Crippen LogP contribution < -0.4 is 0 Å². The van der Waals surface area contributed by atoms with Crippen LogP contribution in [0.25, 0.3) is 0 Å². The number of hydrogen-bond acceptors (Lipinski definition) is 3. The molecule has 17 heavy (non-hydrogen) atoms. The van der Waals surface area contributed by atoms with Crippen molar-refractivity contribution in [3.8, 4) is 12.3 Å². The largest absolute Gasteiger partial charge is 0.444 e. The minimum Gasteiger partial charge on any atom is -0.444 e. The number of terminal acetylenes is 1. The molecule has 1 rings (SSSR count). The second-order valence-corrected chi connectivity index (χ2v) is 5.45. The van der Waals surface area contributed by atoms with Gasteiger partial charge in [-0.15, -0.1) is 6.42 Å². The van der Waals surface area contributed by atoms with E-state index in [1.54, 1.807) is 4.90 Å². The van der Waals surface area contributed by atoms with Gasteiger partial charge in [0.2, 0.25) is 0 Å². The van der Waals surface area contributed by atoms with E-state index in [-0.39, 0.29) is 12.1 Å². The monoisotopic (exact) mass is 238 g/mol. The van der Waals surface area contributed by atoms with Crippen molar-refractivity contribution >= 4 is 6.09 Å². The lowest BCUT2D eigenvalue weighted by atomic mass is 10.2. The summed E-state index contributed by atoms with van der Waals surface area (Å²) in [7, 11) is 0. The summed E-state index contributed by atoms with van der Waals surface area (Å²) < 4.78 is 5.35.